The largest absolute Gasteiger partial charge is 0.334 e. The predicted octanol–water partition coefficient (Wildman–Crippen LogP) is 3.77. The van der Waals surface area contributed by atoms with Crippen molar-refractivity contribution in [2.75, 3.05) is 5.32 Å². The molecule has 0 aliphatic rings. The summed E-state index contributed by atoms with van der Waals surface area (Å²) in [5.74, 6) is -0.256. The van der Waals surface area contributed by atoms with Crippen molar-refractivity contribution in [3.63, 3.8) is 0 Å². The van der Waals surface area contributed by atoms with Crippen molar-refractivity contribution in [1.82, 2.24) is 24.8 Å². The Balaban J connectivity index is 1.60. The van der Waals surface area contributed by atoms with Gasteiger partial charge < -0.3 is 9.88 Å². The number of tetrazole rings is 1. The Bertz CT molecular complexity index is 1200. The van der Waals surface area contributed by atoms with E-state index in [0.717, 1.165) is 21.1 Å². The maximum atomic E-state index is 14.2. The molecule has 7 nitrogen and oxygen atoms in total. The van der Waals surface area contributed by atoms with Crippen LogP contribution < -0.4 is 5.32 Å². The molecule has 0 unspecified atom stereocenters. The fraction of sp³-hybridized carbons (Fsp3) is 0.158. The van der Waals surface area contributed by atoms with Crippen LogP contribution in [0.2, 0.25) is 0 Å². The lowest BCUT2D eigenvalue weighted by molar-refractivity contribution is -0.116. The smallest absolute Gasteiger partial charge is 0.244 e. The molecule has 0 bridgehead atoms. The Morgan fingerprint density at radius 3 is 2.75 bits per heavy atom. The number of halogens is 2. The van der Waals surface area contributed by atoms with E-state index in [9.17, 15) is 9.18 Å². The third kappa shape index (κ3) is 3.18. The lowest BCUT2D eigenvalue weighted by Crippen LogP contribution is -2.19. The number of amides is 1. The summed E-state index contributed by atoms with van der Waals surface area (Å²) in [6, 6.07) is 12.2. The Morgan fingerprint density at radius 1 is 1.21 bits per heavy atom. The van der Waals surface area contributed by atoms with Gasteiger partial charge in [-0.3, -0.25) is 4.79 Å². The Labute approximate surface area is 168 Å². The molecule has 2 aromatic carbocycles. The molecule has 0 aliphatic carbocycles. The summed E-state index contributed by atoms with van der Waals surface area (Å²) in [5.41, 5.74) is 2.56. The maximum Gasteiger partial charge on any atom is 0.244 e. The lowest BCUT2D eigenvalue weighted by Gasteiger charge is -2.11. The fourth-order valence-electron chi connectivity index (χ4n) is 3.14. The van der Waals surface area contributed by atoms with Gasteiger partial charge >= 0.3 is 0 Å². The molecule has 0 saturated heterocycles. The number of rotatable bonds is 4. The van der Waals surface area contributed by atoms with Crippen LogP contribution in [0.1, 0.15) is 11.5 Å². The van der Waals surface area contributed by atoms with E-state index in [2.05, 4.69) is 36.8 Å². The lowest BCUT2D eigenvalue weighted by atomic mass is 10.2. The number of fused-ring (bicyclic) bond motifs is 1. The van der Waals surface area contributed by atoms with Crippen LogP contribution in [0.5, 0.6) is 0 Å². The van der Waals surface area contributed by atoms with E-state index >= 15 is 0 Å². The van der Waals surface area contributed by atoms with Crippen molar-refractivity contribution >= 4 is 38.4 Å². The highest BCUT2D eigenvalue weighted by Gasteiger charge is 2.15. The molecule has 1 N–H and O–H groups in total. The minimum atomic E-state index is -0.482. The van der Waals surface area contributed by atoms with E-state index in [1.807, 2.05) is 35.8 Å². The van der Waals surface area contributed by atoms with Crippen LogP contribution in [-0.4, -0.2) is 30.7 Å². The second-order valence-corrected chi connectivity index (χ2v) is 7.15. The monoisotopic (exact) mass is 442 g/mol. The van der Waals surface area contributed by atoms with E-state index in [1.165, 1.54) is 22.9 Å². The minimum absolute atomic E-state index is 0.133. The number of hydrogen-bond donors (Lipinski definition) is 1. The molecule has 2 heterocycles. The van der Waals surface area contributed by atoms with Gasteiger partial charge in [0.2, 0.25) is 5.91 Å². The van der Waals surface area contributed by atoms with E-state index in [4.69, 9.17) is 0 Å². The van der Waals surface area contributed by atoms with E-state index in [-0.39, 0.29) is 18.1 Å². The zero-order chi connectivity index (χ0) is 19.8. The highest BCUT2D eigenvalue weighted by Crippen LogP contribution is 2.30. The van der Waals surface area contributed by atoms with Crippen molar-refractivity contribution in [2.24, 2.45) is 0 Å². The van der Waals surface area contributed by atoms with E-state index in [0.29, 0.717) is 11.5 Å². The van der Waals surface area contributed by atoms with Gasteiger partial charge in [0, 0.05) is 26.8 Å². The van der Waals surface area contributed by atoms with Gasteiger partial charge in [0.25, 0.3) is 0 Å². The molecular weight excluding hydrogens is 427 g/mol. The Morgan fingerprint density at radius 2 is 2.00 bits per heavy atom. The second kappa shape index (κ2) is 7.16. The van der Waals surface area contributed by atoms with Crippen molar-refractivity contribution in [1.29, 1.82) is 0 Å². The zero-order valence-electron chi connectivity index (χ0n) is 15.1. The van der Waals surface area contributed by atoms with Crippen molar-refractivity contribution < 1.29 is 9.18 Å². The quantitative estimate of drug-likeness (QED) is 0.521. The number of nitrogens with zero attached hydrogens (tertiary/aromatic N) is 5. The van der Waals surface area contributed by atoms with Crippen LogP contribution in [0.4, 0.5) is 10.1 Å². The van der Waals surface area contributed by atoms with Gasteiger partial charge in [0.15, 0.2) is 5.82 Å². The van der Waals surface area contributed by atoms with E-state index in [1.54, 1.807) is 6.92 Å². The molecule has 28 heavy (non-hydrogen) atoms. The van der Waals surface area contributed by atoms with Crippen molar-refractivity contribution in [3.05, 3.63) is 64.3 Å². The minimum Gasteiger partial charge on any atom is -0.334 e. The highest BCUT2D eigenvalue weighted by molar-refractivity contribution is 9.10. The summed E-state index contributed by atoms with van der Waals surface area (Å²) in [5, 5.41) is 14.9. The van der Waals surface area contributed by atoms with Crippen molar-refractivity contribution in [3.8, 4) is 5.69 Å². The number of benzene rings is 2. The average Bonchev–Trinajstić information content (AvgIpc) is 3.21. The van der Waals surface area contributed by atoms with Gasteiger partial charge in [-0.25, -0.2) is 4.39 Å². The van der Waals surface area contributed by atoms with Gasteiger partial charge in [0.05, 0.1) is 0 Å². The Kier molecular flexibility index (Phi) is 4.68. The summed E-state index contributed by atoms with van der Waals surface area (Å²) in [6.45, 7) is 3.75. The second-order valence-electron chi connectivity index (χ2n) is 6.35. The molecule has 2 aromatic heterocycles. The normalized spacial score (nSPS) is 11.1. The van der Waals surface area contributed by atoms with Crippen LogP contribution in [0, 0.1) is 19.7 Å². The number of para-hydroxylation sites is 1. The van der Waals surface area contributed by atoms with Crippen molar-refractivity contribution in [2.45, 2.75) is 20.4 Å². The predicted molar refractivity (Wildman–Crippen MR) is 107 cm³/mol. The molecular formula is C19H16BrFN6O. The van der Waals surface area contributed by atoms with Gasteiger partial charge in [-0.15, -0.1) is 5.10 Å². The first-order valence-electron chi connectivity index (χ1n) is 8.54. The number of carbonyl (C=O) groups is 1. The standard InChI is InChI=1S/C19H16BrFN6O/c1-11-19(20)14-5-3-4-6-16(14)26(11)10-18(28)22-13-7-8-15(21)17(9-13)27-12(2)23-24-25-27/h3-9H,10H2,1-2H3,(H,22,28). The topological polar surface area (TPSA) is 77.6 Å². The molecule has 142 valence electrons. The number of hydrogen-bond acceptors (Lipinski definition) is 4. The third-order valence-corrected chi connectivity index (χ3v) is 5.54. The molecule has 4 aromatic rings. The maximum absolute atomic E-state index is 14.2. The molecule has 4 rings (SSSR count). The molecule has 0 fully saturated rings. The molecule has 9 heteroatoms. The highest BCUT2D eigenvalue weighted by atomic mass is 79.9. The number of anilines is 1. The zero-order valence-corrected chi connectivity index (χ0v) is 16.7. The van der Waals surface area contributed by atoms with Gasteiger partial charge in [-0.2, -0.15) is 4.68 Å². The number of nitrogens with one attached hydrogen (secondary N) is 1. The first-order valence-corrected chi connectivity index (χ1v) is 9.33. The summed E-state index contributed by atoms with van der Waals surface area (Å²) >= 11 is 3.59. The summed E-state index contributed by atoms with van der Waals surface area (Å²) in [4.78, 5) is 12.6. The molecule has 0 saturated carbocycles. The number of carbonyl (C=O) groups excluding carboxylic acids is 1. The molecule has 0 aliphatic heterocycles. The van der Waals surface area contributed by atoms with Gasteiger partial charge in [0.1, 0.15) is 18.0 Å². The van der Waals surface area contributed by atoms with Crippen LogP contribution in [0.3, 0.4) is 0 Å². The fourth-order valence-corrected chi connectivity index (χ4v) is 3.69. The SMILES string of the molecule is Cc1nnnn1-c1cc(NC(=O)Cn2c(C)c(Br)c3ccccc32)ccc1F. The third-order valence-electron chi connectivity index (χ3n) is 4.54. The summed E-state index contributed by atoms with van der Waals surface area (Å²) < 4.78 is 18.4. The van der Waals surface area contributed by atoms with Crippen LogP contribution in [0.15, 0.2) is 46.9 Å². The van der Waals surface area contributed by atoms with Crippen LogP contribution in [-0.2, 0) is 11.3 Å². The number of aryl methyl sites for hydroxylation is 1. The van der Waals surface area contributed by atoms with Crippen LogP contribution >= 0.6 is 15.9 Å². The van der Waals surface area contributed by atoms with E-state index < -0.39 is 5.82 Å². The molecule has 0 radical (unpaired) electrons. The molecule has 1 amide bonds. The average molecular weight is 443 g/mol. The molecule has 0 atom stereocenters. The number of aromatic nitrogens is 5. The van der Waals surface area contributed by atoms with Crippen LogP contribution in [0.25, 0.3) is 16.6 Å². The Hall–Kier alpha value is -3.07. The summed E-state index contributed by atoms with van der Waals surface area (Å²) in [6.07, 6.45) is 0. The van der Waals surface area contributed by atoms with Gasteiger partial charge in [-0.1, -0.05) is 18.2 Å². The van der Waals surface area contributed by atoms with Gasteiger partial charge in [-0.05, 0) is 64.5 Å². The first-order chi connectivity index (χ1) is 13.5. The summed E-state index contributed by atoms with van der Waals surface area (Å²) in [7, 11) is 0. The first kappa shape index (κ1) is 18.3. The molecule has 0 spiro atoms.